The van der Waals surface area contributed by atoms with E-state index in [1.54, 1.807) is 0 Å². The van der Waals surface area contributed by atoms with Gasteiger partial charge in [-0.2, -0.15) is 0 Å². The maximum Gasteiger partial charge on any atom is 0.234 e. The fraction of sp³-hybridized carbons (Fsp3) is 0.333. The first-order valence-corrected chi connectivity index (χ1v) is 9.53. The fourth-order valence-corrected chi connectivity index (χ4v) is 3.50. The Kier molecular flexibility index (Phi) is 6.23. The van der Waals surface area contributed by atoms with E-state index < -0.39 is 5.92 Å². The second kappa shape index (κ2) is 8.81. The lowest BCUT2D eigenvalue weighted by Gasteiger charge is -2.28. The van der Waals surface area contributed by atoms with E-state index >= 15 is 0 Å². The molecule has 0 saturated carbocycles. The number of benzene rings is 2. The first-order valence-electron chi connectivity index (χ1n) is 9.12. The van der Waals surface area contributed by atoms with Crippen molar-refractivity contribution >= 4 is 34.5 Å². The van der Waals surface area contributed by atoms with Crippen molar-refractivity contribution in [3.8, 4) is 0 Å². The molecule has 136 valence electrons. The Morgan fingerprint density at radius 1 is 1.04 bits per heavy atom. The van der Waals surface area contributed by atoms with Crippen LogP contribution in [0.4, 0.5) is 11.4 Å². The Balaban J connectivity index is 1.64. The number of amides is 1. The molecule has 0 spiro atoms. The van der Waals surface area contributed by atoms with Crippen molar-refractivity contribution in [1.29, 1.82) is 0 Å². The third-order valence-electron chi connectivity index (χ3n) is 4.80. The molecule has 2 aromatic carbocycles. The van der Waals surface area contributed by atoms with E-state index in [0.29, 0.717) is 6.42 Å². The summed E-state index contributed by atoms with van der Waals surface area (Å²) in [6.07, 6.45) is 4.31. The summed E-state index contributed by atoms with van der Waals surface area (Å²) < 4.78 is 0. The van der Waals surface area contributed by atoms with E-state index in [2.05, 4.69) is 22.3 Å². The number of nitrogens with one attached hydrogen (secondary N) is 1. The summed E-state index contributed by atoms with van der Waals surface area (Å²) in [7, 11) is 0. The van der Waals surface area contributed by atoms with Gasteiger partial charge in [-0.3, -0.25) is 4.79 Å². The van der Waals surface area contributed by atoms with Crippen LogP contribution in [-0.4, -0.2) is 24.0 Å². The minimum absolute atomic E-state index is 0.160. The molecule has 5 heteroatoms. The first-order chi connectivity index (χ1) is 12.6. The van der Waals surface area contributed by atoms with Gasteiger partial charge in [0.2, 0.25) is 5.91 Å². The van der Waals surface area contributed by atoms with Crippen molar-refractivity contribution in [3.05, 3.63) is 60.2 Å². The molecule has 2 aromatic rings. The van der Waals surface area contributed by atoms with Crippen LogP contribution in [0, 0.1) is 5.92 Å². The zero-order valence-corrected chi connectivity index (χ0v) is 15.7. The highest BCUT2D eigenvalue weighted by Gasteiger charge is 2.22. The molecule has 1 atom stereocenters. The fourth-order valence-electron chi connectivity index (χ4n) is 3.31. The average molecular weight is 368 g/mol. The topological polar surface area (TPSA) is 58.4 Å². The summed E-state index contributed by atoms with van der Waals surface area (Å²) in [5.41, 5.74) is 8.84. The van der Waals surface area contributed by atoms with Crippen molar-refractivity contribution in [2.75, 3.05) is 23.3 Å². The molecular weight excluding hydrogens is 342 g/mol. The van der Waals surface area contributed by atoms with Gasteiger partial charge in [0.1, 0.15) is 0 Å². The lowest BCUT2D eigenvalue weighted by Crippen LogP contribution is -2.34. The number of piperidine rings is 1. The van der Waals surface area contributed by atoms with Crippen molar-refractivity contribution in [3.63, 3.8) is 0 Å². The summed E-state index contributed by atoms with van der Waals surface area (Å²) in [4.78, 5) is 15.3. The van der Waals surface area contributed by atoms with Gasteiger partial charge in [-0.1, -0.05) is 42.5 Å². The molecule has 3 rings (SSSR count). The SMILES string of the molecule is NC(=S)C(Cc1ccccc1)C(=O)Nc1ccc(N2CCCCC2)cc1. The Morgan fingerprint density at radius 2 is 1.69 bits per heavy atom. The van der Waals surface area contributed by atoms with E-state index in [-0.39, 0.29) is 10.9 Å². The van der Waals surface area contributed by atoms with E-state index in [9.17, 15) is 4.79 Å². The Hall–Kier alpha value is -2.40. The number of thiocarbonyl (C=S) groups is 1. The zero-order chi connectivity index (χ0) is 18.4. The van der Waals surface area contributed by atoms with Gasteiger partial charge in [-0.15, -0.1) is 0 Å². The first kappa shape index (κ1) is 18.4. The molecule has 4 nitrogen and oxygen atoms in total. The van der Waals surface area contributed by atoms with Gasteiger partial charge in [0.25, 0.3) is 0 Å². The number of hydrogen-bond donors (Lipinski definition) is 2. The van der Waals surface area contributed by atoms with Gasteiger partial charge in [0.05, 0.1) is 10.9 Å². The third kappa shape index (κ3) is 4.82. The van der Waals surface area contributed by atoms with Crippen molar-refractivity contribution in [2.24, 2.45) is 11.7 Å². The molecule has 0 radical (unpaired) electrons. The Morgan fingerprint density at radius 3 is 2.31 bits per heavy atom. The predicted octanol–water partition coefficient (Wildman–Crippen LogP) is 3.76. The number of carbonyl (C=O) groups excluding carboxylic acids is 1. The van der Waals surface area contributed by atoms with Crippen molar-refractivity contribution in [1.82, 2.24) is 0 Å². The van der Waals surface area contributed by atoms with Gasteiger partial charge in [-0.25, -0.2) is 0 Å². The molecule has 0 aliphatic carbocycles. The highest BCUT2D eigenvalue weighted by Crippen LogP contribution is 2.22. The second-order valence-corrected chi connectivity index (χ2v) is 7.20. The van der Waals surface area contributed by atoms with E-state index in [0.717, 1.165) is 24.3 Å². The predicted molar refractivity (Wildman–Crippen MR) is 112 cm³/mol. The summed E-state index contributed by atoms with van der Waals surface area (Å²) in [5, 5.41) is 2.95. The van der Waals surface area contributed by atoms with Crippen molar-refractivity contribution in [2.45, 2.75) is 25.7 Å². The summed E-state index contributed by atoms with van der Waals surface area (Å²) in [6.45, 7) is 2.21. The molecule has 1 fully saturated rings. The number of nitrogens with two attached hydrogens (primary N) is 1. The van der Waals surface area contributed by atoms with Crippen LogP contribution in [-0.2, 0) is 11.2 Å². The van der Waals surface area contributed by atoms with Crippen LogP contribution in [0.2, 0.25) is 0 Å². The second-order valence-electron chi connectivity index (χ2n) is 6.73. The minimum Gasteiger partial charge on any atom is -0.393 e. The normalized spacial score (nSPS) is 15.3. The molecule has 26 heavy (non-hydrogen) atoms. The smallest absolute Gasteiger partial charge is 0.234 e. The van der Waals surface area contributed by atoms with Gasteiger partial charge >= 0.3 is 0 Å². The largest absolute Gasteiger partial charge is 0.393 e. The zero-order valence-electron chi connectivity index (χ0n) is 14.9. The quantitative estimate of drug-likeness (QED) is 0.763. The van der Waals surface area contributed by atoms with E-state index in [1.807, 2.05) is 42.5 Å². The highest BCUT2D eigenvalue weighted by molar-refractivity contribution is 7.80. The van der Waals surface area contributed by atoms with Gasteiger partial charge in [0, 0.05) is 24.5 Å². The standard InChI is InChI=1S/C21H25N3OS/c22-20(26)19(15-16-7-3-1-4-8-16)21(25)23-17-9-11-18(12-10-17)24-13-5-2-6-14-24/h1,3-4,7-12,19H,2,5-6,13-15H2,(H2,22,26)(H,23,25). The third-order valence-corrected chi connectivity index (χ3v) is 5.08. The molecule has 1 unspecified atom stereocenters. The van der Waals surface area contributed by atoms with Crippen LogP contribution in [0.5, 0.6) is 0 Å². The van der Waals surface area contributed by atoms with Gasteiger partial charge < -0.3 is 16.0 Å². The number of hydrogen-bond acceptors (Lipinski definition) is 3. The minimum atomic E-state index is -0.519. The summed E-state index contributed by atoms with van der Waals surface area (Å²) >= 11 is 5.13. The van der Waals surface area contributed by atoms with Crippen LogP contribution >= 0.6 is 12.2 Å². The van der Waals surface area contributed by atoms with Crippen LogP contribution < -0.4 is 16.0 Å². The maximum absolute atomic E-state index is 12.7. The van der Waals surface area contributed by atoms with Crippen molar-refractivity contribution < 1.29 is 4.79 Å². The number of anilines is 2. The molecule has 1 saturated heterocycles. The lowest BCUT2D eigenvalue weighted by atomic mass is 9.98. The molecule has 1 aliphatic rings. The van der Waals surface area contributed by atoms with Gasteiger partial charge in [0.15, 0.2) is 0 Å². The summed E-state index contributed by atoms with van der Waals surface area (Å²) in [6, 6.07) is 17.8. The monoisotopic (exact) mass is 367 g/mol. The Bertz CT molecular complexity index is 740. The van der Waals surface area contributed by atoms with Crippen LogP contribution in [0.1, 0.15) is 24.8 Å². The maximum atomic E-state index is 12.7. The number of nitrogens with zero attached hydrogens (tertiary/aromatic N) is 1. The molecule has 1 heterocycles. The molecule has 0 aromatic heterocycles. The highest BCUT2D eigenvalue weighted by atomic mass is 32.1. The molecular formula is C21H25N3OS. The number of rotatable bonds is 6. The lowest BCUT2D eigenvalue weighted by molar-refractivity contribution is -0.118. The number of carbonyl (C=O) groups is 1. The molecule has 1 aliphatic heterocycles. The summed E-state index contributed by atoms with van der Waals surface area (Å²) in [5.74, 6) is -0.679. The molecule has 0 bridgehead atoms. The van der Waals surface area contributed by atoms with E-state index in [1.165, 1.54) is 24.9 Å². The van der Waals surface area contributed by atoms with E-state index in [4.69, 9.17) is 18.0 Å². The molecule has 3 N–H and O–H groups in total. The van der Waals surface area contributed by atoms with Crippen LogP contribution in [0.15, 0.2) is 54.6 Å². The average Bonchev–Trinajstić information content (AvgIpc) is 2.68. The van der Waals surface area contributed by atoms with Gasteiger partial charge in [-0.05, 0) is 55.5 Å². The Labute approximate surface area is 160 Å². The van der Waals surface area contributed by atoms with Crippen LogP contribution in [0.3, 0.4) is 0 Å². The van der Waals surface area contributed by atoms with Crippen LogP contribution in [0.25, 0.3) is 0 Å². The molecule has 1 amide bonds.